The lowest BCUT2D eigenvalue weighted by Gasteiger charge is -2.07. The van der Waals surface area contributed by atoms with Crippen LogP contribution in [0, 0.1) is 0 Å². The fraction of sp³-hybridized carbons (Fsp3) is 0.111. The number of ketones is 1. The van der Waals surface area contributed by atoms with Gasteiger partial charge in [0.2, 0.25) is 0 Å². The van der Waals surface area contributed by atoms with Crippen molar-refractivity contribution >= 4 is 17.3 Å². The zero-order chi connectivity index (χ0) is 15.2. The van der Waals surface area contributed by atoms with Crippen molar-refractivity contribution in [2.45, 2.75) is 6.92 Å². The fourth-order valence-electron chi connectivity index (χ4n) is 1.94. The van der Waals surface area contributed by atoms with Crippen LogP contribution in [0.4, 0.5) is 0 Å². The maximum absolute atomic E-state index is 12.4. The molecule has 0 spiro atoms. The molecule has 0 aliphatic carbocycles. The van der Waals surface area contributed by atoms with E-state index in [1.807, 2.05) is 18.2 Å². The number of carbonyl (C=O) groups is 2. The van der Waals surface area contributed by atoms with Crippen LogP contribution in [0.15, 0.2) is 61.2 Å². The molecule has 0 saturated heterocycles. The lowest BCUT2D eigenvalue weighted by atomic mass is 9.99. The topological polar surface area (TPSA) is 43.4 Å². The summed E-state index contributed by atoms with van der Waals surface area (Å²) in [5, 5.41) is 0. The predicted molar refractivity (Wildman–Crippen MR) is 82.0 cm³/mol. The van der Waals surface area contributed by atoms with Gasteiger partial charge in [0, 0.05) is 11.1 Å². The highest BCUT2D eigenvalue weighted by Crippen LogP contribution is 2.18. The maximum atomic E-state index is 12.4. The Kier molecular flexibility index (Phi) is 4.67. The maximum Gasteiger partial charge on any atom is 0.338 e. The molecular formula is C18H16O3. The van der Waals surface area contributed by atoms with E-state index in [1.165, 1.54) is 0 Å². The van der Waals surface area contributed by atoms with E-state index in [0.717, 1.165) is 0 Å². The normalized spacial score (nSPS) is 9.95. The Morgan fingerprint density at radius 2 is 1.57 bits per heavy atom. The largest absolute Gasteiger partial charge is 0.462 e. The Hall–Kier alpha value is -2.68. The van der Waals surface area contributed by atoms with Crippen LogP contribution in [-0.4, -0.2) is 18.4 Å². The summed E-state index contributed by atoms with van der Waals surface area (Å²) in [5.41, 5.74) is 1.97. The molecule has 2 aromatic carbocycles. The SMILES string of the molecule is C=C(C(=O)OCC)c1cccc(C(=O)c2ccccc2)c1. The van der Waals surface area contributed by atoms with Crippen LogP contribution in [0.1, 0.15) is 28.4 Å². The predicted octanol–water partition coefficient (Wildman–Crippen LogP) is 3.49. The molecule has 0 unspecified atom stereocenters. The monoisotopic (exact) mass is 280 g/mol. The number of benzene rings is 2. The first-order valence-corrected chi connectivity index (χ1v) is 6.69. The summed E-state index contributed by atoms with van der Waals surface area (Å²) in [6, 6.07) is 15.9. The molecule has 0 aromatic heterocycles. The Bertz CT molecular complexity index is 672. The average Bonchev–Trinajstić information content (AvgIpc) is 2.54. The van der Waals surface area contributed by atoms with Gasteiger partial charge in [0.1, 0.15) is 0 Å². The minimum Gasteiger partial charge on any atom is -0.462 e. The van der Waals surface area contributed by atoms with Gasteiger partial charge in [-0.25, -0.2) is 4.79 Å². The highest BCUT2D eigenvalue weighted by molar-refractivity contribution is 6.16. The zero-order valence-corrected chi connectivity index (χ0v) is 11.8. The van der Waals surface area contributed by atoms with Gasteiger partial charge in [0.15, 0.2) is 5.78 Å². The molecule has 0 fully saturated rings. The van der Waals surface area contributed by atoms with Crippen molar-refractivity contribution in [3.63, 3.8) is 0 Å². The standard InChI is InChI=1S/C18H16O3/c1-3-21-18(20)13(2)15-10-7-11-16(12-15)17(19)14-8-5-4-6-9-14/h4-12H,2-3H2,1H3. The molecule has 3 nitrogen and oxygen atoms in total. The van der Waals surface area contributed by atoms with Crippen LogP contribution in [-0.2, 0) is 9.53 Å². The lowest BCUT2D eigenvalue weighted by molar-refractivity contribution is -0.136. The van der Waals surface area contributed by atoms with Crippen molar-refractivity contribution in [2.75, 3.05) is 6.61 Å². The van der Waals surface area contributed by atoms with E-state index in [9.17, 15) is 9.59 Å². The average molecular weight is 280 g/mol. The molecular weight excluding hydrogens is 264 g/mol. The van der Waals surface area contributed by atoms with Gasteiger partial charge in [-0.2, -0.15) is 0 Å². The third-order valence-electron chi connectivity index (χ3n) is 3.03. The molecule has 0 amide bonds. The highest BCUT2D eigenvalue weighted by Gasteiger charge is 2.13. The van der Waals surface area contributed by atoms with Crippen molar-refractivity contribution < 1.29 is 14.3 Å². The molecule has 2 rings (SSSR count). The Morgan fingerprint density at radius 3 is 2.24 bits per heavy atom. The van der Waals surface area contributed by atoms with E-state index >= 15 is 0 Å². The number of hydrogen-bond acceptors (Lipinski definition) is 3. The summed E-state index contributed by atoms with van der Waals surface area (Å²) in [5.74, 6) is -0.559. The number of hydrogen-bond donors (Lipinski definition) is 0. The van der Waals surface area contributed by atoms with Crippen LogP contribution >= 0.6 is 0 Å². The molecule has 2 aromatic rings. The van der Waals surface area contributed by atoms with Gasteiger partial charge in [0.25, 0.3) is 0 Å². The van der Waals surface area contributed by atoms with E-state index in [4.69, 9.17) is 4.74 Å². The highest BCUT2D eigenvalue weighted by atomic mass is 16.5. The Labute approximate surface area is 123 Å². The second-order valence-electron chi connectivity index (χ2n) is 4.47. The zero-order valence-electron chi connectivity index (χ0n) is 11.8. The van der Waals surface area contributed by atoms with E-state index in [0.29, 0.717) is 23.3 Å². The number of carbonyl (C=O) groups excluding carboxylic acids is 2. The molecule has 0 aliphatic rings. The molecule has 106 valence electrons. The van der Waals surface area contributed by atoms with Crippen LogP contribution in [0.25, 0.3) is 5.57 Å². The van der Waals surface area contributed by atoms with Gasteiger partial charge in [0.05, 0.1) is 12.2 Å². The molecule has 0 radical (unpaired) electrons. The Morgan fingerprint density at radius 1 is 0.952 bits per heavy atom. The third-order valence-corrected chi connectivity index (χ3v) is 3.03. The van der Waals surface area contributed by atoms with Gasteiger partial charge >= 0.3 is 5.97 Å². The second-order valence-corrected chi connectivity index (χ2v) is 4.47. The molecule has 0 saturated carbocycles. The molecule has 0 bridgehead atoms. The lowest BCUT2D eigenvalue weighted by Crippen LogP contribution is -2.07. The van der Waals surface area contributed by atoms with Crippen LogP contribution in [0.3, 0.4) is 0 Å². The fourth-order valence-corrected chi connectivity index (χ4v) is 1.94. The van der Waals surface area contributed by atoms with Gasteiger partial charge in [-0.3, -0.25) is 4.79 Å². The summed E-state index contributed by atoms with van der Waals surface area (Å²) >= 11 is 0. The van der Waals surface area contributed by atoms with Crippen molar-refractivity contribution in [3.8, 4) is 0 Å². The molecule has 0 heterocycles. The van der Waals surface area contributed by atoms with Gasteiger partial charge in [-0.05, 0) is 18.6 Å². The van der Waals surface area contributed by atoms with Crippen molar-refractivity contribution in [2.24, 2.45) is 0 Å². The van der Waals surface area contributed by atoms with Crippen molar-refractivity contribution in [1.82, 2.24) is 0 Å². The van der Waals surface area contributed by atoms with Crippen LogP contribution in [0.2, 0.25) is 0 Å². The quantitative estimate of drug-likeness (QED) is 0.478. The van der Waals surface area contributed by atoms with E-state index < -0.39 is 5.97 Å². The second kappa shape index (κ2) is 6.66. The van der Waals surface area contributed by atoms with E-state index in [2.05, 4.69) is 6.58 Å². The smallest absolute Gasteiger partial charge is 0.338 e. The van der Waals surface area contributed by atoms with Gasteiger partial charge in [-0.15, -0.1) is 0 Å². The first-order chi connectivity index (χ1) is 10.1. The van der Waals surface area contributed by atoms with E-state index in [1.54, 1.807) is 43.3 Å². The third kappa shape index (κ3) is 3.45. The van der Waals surface area contributed by atoms with Crippen LogP contribution < -0.4 is 0 Å². The van der Waals surface area contributed by atoms with Gasteiger partial charge in [-0.1, -0.05) is 55.1 Å². The number of rotatable bonds is 5. The molecule has 21 heavy (non-hydrogen) atoms. The summed E-state index contributed by atoms with van der Waals surface area (Å²) < 4.78 is 4.92. The van der Waals surface area contributed by atoms with Crippen LogP contribution in [0.5, 0.6) is 0 Å². The Balaban J connectivity index is 2.28. The summed E-state index contributed by atoms with van der Waals surface area (Å²) in [6.45, 7) is 5.76. The van der Waals surface area contributed by atoms with E-state index in [-0.39, 0.29) is 11.4 Å². The minimum atomic E-state index is -0.471. The minimum absolute atomic E-state index is 0.0888. The summed E-state index contributed by atoms with van der Waals surface area (Å²) in [4.78, 5) is 24.1. The van der Waals surface area contributed by atoms with Crippen molar-refractivity contribution in [3.05, 3.63) is 77.9 Å². The molecule has 0 atom stereocenters. The molecule has 0 aliphatic heterocycles. The molecule has 0 N–H and O–H groups in total. The molecule has 3 heteroatoms. The summed E-state index contributed by atoms with van der Waals surface area (Å²) in [6.07, 6.45) is 0. The first kappa shape index (κ1) is 14.7. The number of ether oxygens (including phenoxy) is 1. The number of esters is 1. The van der Waals surface area contributed by atoms with Crippen molar-refractivity contribution in [1.29, 1.82) is 0 Å². The first-order valence-electron chi connectivity index (χ1n) is 6.69. The van der Waals surface area contributed by atoms with Gasteiger partial charge < -0.3 is 4.74 Å². The summed E-state index contributed by atoms with van der Waals surface area (Å²) in [7, 11) is 0.